The lowest BCUT2D eigenvalue weighted by Gasteiger charge is -2.22. The van der Waals surface area contributed by atoms with Crippen LogP contribution in [-0.4, -0.2) is 0 Å². The van der Waals surface area contributed by atoms with E-state index in [0.29, 0.717) is 0 Å². The smallest absolute Gasteiger partial charge is 0.136 e. The van der Waals surface area contributed by atoms with Crippen LogP contribution in [0.3, 0.4) is 0 Å². The molecule has 59 heavy (non-hydrogen) atoms. The Labute approximate surface area is 340 Å². The Balaban J connectivity index is 1.13. The molecular formula is C58H34O. The molecule has 0 amide bonds. The van der Waals surface area contributed by atoms with Crippen LogP contribution in [0.15, 0.2) is 211 Å². The maximum absolute atomic E-state index is 6.60. The lowest BCUT2D eigenvalue weighted by Crippen LogP contribution is -1.94. The van der Waals surface area contributed by atoms with Crippen molar-refractivity contribution in [1.82, 2.24) is 0 Å². The zero-order valence-electron chi connectivity index (χ0n) is 32.0. The number of benzene rings is 12. The largest absolute Gasteiger partial charge is 0.456 e. The average molecular weight is 747 g/mol. The van der Waals surface area contributed by atoms with Crippen LogP contribution in [-0.2, 0) is 0 Å². The van der Waals surface area contributed by atoms with Crippen LogP contribution in [0.4, 0.5) is 0 Å². The van der Waals surface area contributed by atoms with E-state index in [1.54, 1.807) is 0 Å². The molecule has 1 aromatic heterocycles. The maximum atomic E-state index is 6.60. The number of hydrogen-bond donors (Lipinski definition) is 0. The number of fused-ring (bicyclic) bond motifs is 12. The van der Waals surface area contributed by atoms with E-state index in [2.05, 4.69) is 206 Å². The fraction of sp³-hybridized carbons (Fsp3) is 0. The zero-order valence-corrected chi connectivity index (χ0v) is 32.0. The quantitative estimate of drug-likeness (QED) is 0.130. The molecule has 0 bridgehead atoms. The van der Waals surface area contributed by atoms with Crippen LogP contribution in [0.1, 0.15) is 0 Å². The Hall–Kier alpha value is -7.74. The van der Waals surface area contributed by atoms with E-state index in [9.17, 15) is 0 Å². The van der Waals surface area contributed by atoms with E-state index in [0.717, 1.165) is 16.6 Å². The van der Waals surface area contributed by atoms with Crippen LogP contribution in [0, 0.1) is 0 Å². The summed E-state index contributed by atoms with van der Waals surface area (Å²) in [6.45, 7) is 0. The Bertz CT molecular complexity index is 3790. The topological polar surface area (TPSA) is 13.1 Å². The molecule has 0 atom stereocenters. The Morgan fingerprint density at radius 1 is 0.220 bits per heavy atom. The molecule has 0 N–H and O–H groups in total. The van der Waals surface area contributed by atoms with Gasteiger partial charge in [0.2, 0.25) is 0 Å². The molecule has 0 aliphatic carbocycles. The minimum absolute atomic E-state index is 0.902. The third kappa shape index (κ3) is 4.67. The molecule has 272 valence electrons. The maximum Gasteiger partial charge on any atom is 0.136 e. The van der Waals surface area contributed by atoms with Crippen molar-refractivity contribution in [2.45, 2.75) is 0 Å². The van der Waals surface area contributed by atoms with Gasteiger partial charge in [-0.25, -0.2) is 0 Å². The van der Waals surface area contributed by atoms with Crippen molar-refractivity contribution < 1.29 is 4.42 Å². The van der Waals surface area contributed by atoms with Gasteiger partial charge in [-0.3, -0.25) is 0 Å². The second-order valence-electron chi connectivity index (χ2n) is 15.9. The van der Waals surface area contributed by atoms with E-state index >= 15 is 0 Å². The molecule has 1 nitrogen and oxygen atoms in total. The van der Waals surface area contributed by atoms with E-state index in [1.807, 2.05) is 0 Å². The summed E-state index contributed by atoms with van der Waals surface area (Å²) < 4.78 is 6.60. The van der Waals surface area contributed by atoms with Crippen LogP contribution < -0.4 is 0 Å². The molecule has 1 heterocycles. The highest BCUT2D eigenvalue weighted by Crippen LogP contribution is 2.51. The summed E-state index contributed by atoms with van der Waals surface area (Å²) in [6.07, 6.45) is 0. The third-order valence-corrected chi connectivity index (χ3v) is 12.8. The normalized spacial score (nSPS) is 12.1. The highest BCUT2D eigenvalue weighted by atomic mass is 16.3. The van der Waals surface area contributed by atoms with Gasteiger partial charge in [-0.1, -0.05) is 182 Å². The number of rotatable bonds is 3. The molecule has 1 heteroatoms. The van der Waals surface area contributed by atoms with Crippen molar-refractivity contribution in [3.8, 4) is 33.4 Å². The summed E-state index contributed by atoms with van der Waals surface area (Å²) in [5.74, 6) is 0. The van der Waals surface area contributed by atoms with Crippen molar-refractivity contribution >= 4 is 97.3 Å². The predicted octanol–water partition coefficient (Wildman–Crippen LogP) is 16.7. The van der Waals surface area contributed by atoms with Gasteiger partial charge in [0.05, 0.1) is 0 Å². The fourth-order valence-electron chi connectivity index (χ4n) is 10.3. The summed E-state index contributed by atoms with van der Waals surface area (Å²) in [5, 5.41) is 19.7. The summed E-state index contributed by atoms with van der Waals surface area (Å²) in [7, 11) is 0. The lowest BCUT2D eigenvalue weighted by atomic mass is 9.81. The molecule has 0 aliphatic heterocycles. The predicted molar refractivity (Wildman–Crippen MR) is 253 cm³/mol. The first-order valence-corrected chi connectivity index (χ1v) is 20.4. The van der Waals surface area contributed by atoms with E-state index in [-0.39, 0.29) is 0 Å². The Morgan fingerprint density at radius 3 is 1.19 bits per heavy atom. The highest BCUT2D eigenvalue weighted by molar-refractivity contribution is 6.31. The molecule has 0 fully saturated rings. The van der Waals surface area contributed by atoms with Crippen molar-refractivity contribution in [3.63, 3.8) is 0 Å². The van der Waals surface area contributed by atoms with Gasteiger partial charge in [-0.15, -0.1) is 0 Å². The summed E-state index contributed by atoms with van der Waals surface area (Å²) in [5.41, 5.74) is 9.28. The third-order valence-electron chi connectivity index (χ3n) is 12.8. The minimum Gasteiger partial charge on any atom is -0.456 e. The Morgan fingerprint density at radius 2 is 0.610 bits per heavy atom. The van der Waals surface area contributed by atoms with Crippen molar-refractivity contribution in [2.75, 3.05) is 0 Å². The monoisotopic (exact) mass is 746 g/mol. The first kappa shape index (κ1) is 32.4. The molecule has 0 unspecified atom stereocenters. The van der Waals surface area contributed by atoms with Crippen LogP contribution in [0.25, 0.3) is 131 Å². The number of hydrogen-bond acceptors (Lipinski definition) is 1. The van der Waals surface area contributed by atoms with Crippen LogP contribution in [0.2, 0.25) is 0 Å². The molecule has 0 saturated heterocycles. The molecule has 13 rings (SSSR count). The zero-order chi connectivity index (χ0) is 38.6. The van der Waals surface area contributed by atoms with Gasteiger partial charge in [0.15, 0.2) is 0 Å². The van der Waals surface area contributed by atoms with E-state index < -0.39 is 0 Å². The van der Waals surface area contributed by atoms with Gasteiger partial charge >= 0.3 is 0 Å². The lowest BCUT2D eigenvalue weighted by molar-refractivity contribution is 0.669. The van der Waals surface area contributed by atoms with Gasteiger partial charge < -0.3 is 4.42 Å². The molecule has 0 radical (unpaired) electrons. The molecule has 12 aromatic carbocycles. The minimum atomic E-state index is 0.902. The first-order chi connectivity index (χ1) is 29.3. The molecule has 0 spiro atoms. The number of furan rings is 1. The van der Waals surface area contributed by atoms with Crippen molar-refractivity contribution in [2.24, 2.45) is 0 Å². The fourth-order valence-corrected chi connectivity index (χ4v) is 10.3. The van der Waals surface area contributed by atoms with Gasteiger partial charge in [-0.05, 0) is 128 Å². The Kier molecular flexibility index (Phi) is 6.79. The second-order valence-corrected chi connectivity index (χ2v) is 15.9. The SMILES string of the molecule is c1ccc2cc(-c3c4ccccc4c(-c4c5ccccc5c(-c5ccc6oc7ccc8ccc9ccccc9c8c7c6c5)c5ccccc45)c4ccccc34)ccc2c1. The van der Waals surface area contributed by atoms with Gasteiger partial charge in [0.1, 0.15) is 11.2 Å². The highest BCUT2D eigenvalue weighted by Gasteiger charge is 2.23. The second kappa shape index (κ2) is 12.4. The van der Waals surface area contributed by atoms with Gasteiger partial charge in [0.25, 0.3) is 0 Å². The average Bonchev–Trinajstić information content (AvgIpc) is 3.68. The molecule has 0 saturated carbocycles. The van der Waals surface area contributed by atoms with E-state index in [4.69, 9.17) is 4.42 Å². The molecule has 13 aromatic rings. The summed E-state index contributed by atoms with van der Waals surface area (Å²) in [4.78, 5) is 0. The van der Waals surface area contributed by atoms with Crippen LogP contribution in [0.5, 0.6) is 0 Å². The summed E-state index contributed by atoms with van der Waals surface area (Å²) >= 11 is 0. The van der Waals surface area contributed by atoms with Crippen molar-refractivity contribution in [3.05, 3.63) is 206 Å². The first-order valence-electron chi connectivity index (χ1n) is 20.4. The van der Waals surface area contributed by atoms with Gasteiger partial charge in [0, 0.05) is 16.2 Å². The standard InChI is InChI=1S/C58H34O/c1-2-15-38-33-39(28-25-35(38)13-1)53-42-17-5-9-21-46(42)56(47-22-10-6-18-43(47)53)57-48-23-11-7-19-44(48)54(45-20-8-12-24-49(45)57)40-30-31-51-50(34-40)58-52(59-51)32-29-37-27-26-36-14-3-4-16-41(36)55(37)58/h1-34H. The van der Waals surface area contributed by atoms with Gasteiger partial charge in [-0.2, -0.15) is 0 Å². The molecular weight excluding hydrogens is 713 g/mol. The summed E-state index contributed by atoms with van der Waals surface area (Å²) in [6, 6.07) is 75.9. The van der Waals surface area contributed by atoms with Crippen LogP contribution >= 0.6 is 0 Å². The van der Waals surface area contributed by atoms with Crippen molar-refractivity contribution in [1.29, 1.82) is 0 Å². The van der Waals surface area contributed by atoms with E-state index in [1.165, 1.54) is 114 Å². The molecule has 0 aliphatic rings.